The molecule has 3 rings (SSSR count). The number of carbonyl (C=O) groups is 1. The number of fused-ring (bicyclic) bond motifs is 1. The summed E-state index contributed by atoms with van der Waals surface area (Å²) in [5.74, 6) is 0.112. The number of thioether (sulfide) groups is 1. The molecule has 0 saturated carbocycles. The third kappa shape index (κ3) is 5.68. The van der Waals surface area contributed by atoms with Crippen LogP contribution in [0.4, 0.5) is 0 Å². The smallest absolute Gasteiger partial charge is 0.262 e. The molecule has 0 saturated heterocycles. The number of para-hydroxylation sites is 1. The number of methoxy groups -OCH3 is 1. The first-order valence-corrected chi connectivity index (χ1v) is 10.5. The van der Waals surface area contributed by atoms with E-state index >= 15 is 0 Å². The lowest BCUT2D eigenvalue weighted by Crippen LogP contribution is -2.28. The normalized spacial score (nSPS) is 11.0. The van der Waals surface area contributed by atoms with E-state index in [0.29, 0.717) is 35.8 Å². The average molecular weight is 412 g/mol. The van der Waals surface area contributed by atoms with Gasteiger partial charge >= 0.3 is 0 Å². The number of benzene rings is 2. The van der Waals surface area contributed by atoms with Gasteiger partial charge in [0.1, 0.15) is 0 Å². The molecule has 152 valence electrons. The summed E-state index contributed by atoms with van der Waals surface area (Å²) in [6.07, 6.45) is 0.763. The van der Waals surface area contributed by atoms with Gasteiger partial charge in [-0.05, 0) is 31.0 Å². The fourth-order valence-corrected chi connectivity index (χ4v) is 3.73. The van der Waals surface area contributed by atoms with Gasteiger partial charge < -0.3 is 10.1 Å². The molecule has 29 heavy (non-hydrogen) atoms. The van der Waals surface area contributed by atoms with Gasteiger partial charge in [-0.1, -0.05) is 53.7 Å². The van der Waals surface area contributed by atoms with Crippen molar-refractivity contribution in [2.24, 2.45) is 0 Å². The number of aromatic nitrogens is 2. The highest BCUT2D eigenvalue weighted by molar-refractivity contribution is 7.99. The van der Waals surface area contributed by atoms with Gasteiger partial charge in [0.25, 0.3) is 5.56 Å². The minimum absolute atomic E-state index is 0.0876. The lowest BCUT2D eigenvalue weighted by molar-refractivity contribution is -0.118. The number of carbonyl (C=O) groups excluding carboxylic acids is 1. The van der Waals surface area contributed by atoms with Crippen molar-refractivity contribution >= 4 is 28.6 Å². The minimum Gasteiger partial charge on any atom is -0.385 e. The van der Waals surface area contributed by atoms with Crippen LogP contribution >= 0.6 is 11.8 Å². The van der Waals surface area contributed by atoms with Gasteiger partial charge in [-0.25, -0.2) is 4.98 Å². The zero-order valence-electron chi connectivity index (χ0n) is 16.7. The van der Waals surface area contributed by atoms with Crippen LogP contribution < -0.4 is 10.9 Å². The Hall–Kier alpha value is -2.64. The van der Waals surface area contributed by atoms with Crippen LogP contribution in [-0.2, 0) is 16.1 Å². The third-order valence-corrected chi connectivity index (χ3v) is 5.44. The molecular formula is C22H25N3O3S. The van der Waals surface area contributed by atoms with Crippen molar-refractivity contribution in [2.75, 3.05) is 26.0 Å². The van der Waals surface area contributed by atoms with Crippen molar-refractivity contribution in [1.29, 1.82) is 0 Å². The van der Waals surface area contributed by atoms with Crippen LogP contribution in [-0.4, -0.2) is 41.5 Å². The zero-order chi connectivity index (χ0) is 20.6. The van der Waals surface area contributed by atoms with E-state index in [2.05, 4.69) is 10.3 Å². The maximum absolute atomic E-state index is 13.1. The molecule has 0 bridgehead atoms. The fraction of sp³-hybridized carbons (Fsp3) is 0.318. The molecule has 0 atom stereocenters. The first kappa shape index (κ1) is 21.1. The fourth-order valence-electron chi connectivity index (χ4n) is 2.90. The minimum atomic E-state index is -0.0980. The Morgan fingerprint density at radius 1 is 1.17 bits per heavy atom. The van der Waals surface area contributed by atoms with Crippen LogP contribution in [0.2, 0.25) is 0 Å². The second-order valence-electron chi connectivity index (χ2n) is 6.77. The summed E-state index contributed by atoms with van der Waals surface area (Å²) in [5.41, 5.74) is 2.72. The highest BCUT2D eigenvalue weighted by atomic mass is 32.2. The first-order valence-electron chi connectivity index (χ1n) is 9.52. The lowest BCUT2D eigenvalue weighted by atomic mass is 10.1. The molecule has 7 heteroatoms. The summed E-state index contributed by atoms with van der Waals surface area (Å²) in [6, 6.07) is 15.4. The Balaban J connectivity index is 1.83. The second kappa shape index (κ2) is 10.2. The van der Waals surface area contributed by atoms with Crippen molar-refractivity contribution in [3.8, 4) is 0 Å². The van der Waals surface area contributed by atoms with Crippen molar-refractivity contribution < 1.29 is 9.53 Å². The standard InChI is InChI=1S/C22H25N3O3S/c1-16-8-10-17(11-9-16)14-25-21(27)18-6-3-4-7-19(18)24-22(25)29-15-20(26)23-12-5-13-28-2/h3-4,6-11H,5,12-15H2,1-2H3,(H,23,26). The third-order valence-electron chi connectivity index (χ3n) is 4.47. The van der Waals surface area contributed by atoms with Gasteiger partial charge in [0.2, 0.25) is 5.91 Å². The van der Waals surface area contributed by atoms with Crippen molar-refractivity contribution in [3.63, 3.8) is 0 Å². The van der Waals surface area contributed by atoms with Gasteiger partial charge in [-0.3, -0.25) is 14.2 Å². The van der Waals surface area contributed by atoms with E-state index in [1.165, 1.54) is 11.8 Å². The number of hydrogen-bond donors (Lipinski definition) is 1. The van der Waals surface area contributed by atoms with Gasteiger partial charge in [-0.2, -0.15) is 0 Å². The SMILES string of the molecule is COCCCNC(=O)CSc1nc2ccccc2c(=O)n1Cc1ccc(C)cc1. The van der Waals surface area contributed by atoms with E-state index in [9.17, 15) is 9.59 Å². The van der Waals surface area contributed by atoms with Gasteiger partial charge in [-0.15, -0.1) is 0 Å². The molecule has 1 aromatic heterocycles. The molecule has 2 aromatic carbocycles. The topological polar surface area (TPSA) is 73.2 Å². The van der Waals surface area contributed by atoms with E-state index < -0.39 is 0 Å². The number of aryl methyl sites for hydroxylation is 1. The monoisotopic (exact) mass is 411 g/mol. The highest BCUT2D eigenvalue weighted by Crippen LogP contribution is 2.19. The summed E-state index contributed by atoms with van der Waals surface area (Å²) in [6.45, 7) is 3.61. The van der Waals surface area contributed by atoms with Crippen LogP contribution in [0.5, 0.6) is 0 Å². The number of hydrogen-bond acceptors (Lipinski definition) is 5. The number of rotatable bonds is 9. The van der Waals surface area contributed by atoms with Crippen LogP contribution in [0, 0.1) is 6.92 Å². The summed E-state index contributed by atoms with van der Waals surface area (Å²) in [7, 11) is 1.64. The Labute approximate surface area is 174 Å². The van der Waals surface area contributed by atoms with E-state index in [1.807, 2.05) is 49.4 Å². The quantitative estimate of drug-likeness (QED) is 0.333. The number of nitrogens with one attached hydrogen (secondary N) is 1. The van der Waals surface area contributed by atoms with Crippen LogP contribution in [0.15, 0.2) is 58.5 Å². The Morgan fingerprint density at radius 3 is 2.69 bits per heavy atom. The Morgan fingerprint density at radius 2 is 1.93 bits per heavy atom. The molecule has 0 aliphatic carbocycles. The molecule has 1 N–H and O–H groups in total. The van der Waals surface area contributed by atoms with Crippen LogP contribution in [0.3, 0.4) is 0 Å². The highest BCUT2D eigenvalue weighted by Gasteiger charge is 2.13. The Bertz CT molecular complexity index is 1030. The number of nitrogens with zero attached hydrogens (tertiary/aromatic N) is 2. The van der Waals surface area contributed by atoms with Crippen molar-refractivity contribution in [3.05, 3.63) is 70.0 Å². The maximum atomic E-state index is 13.1. The summed E-state index contributed by atoms with van der Waals surface area (Å²) in [5, 5.41) is 3.98. The van der Waals surface area contributed by atoms with Crippen molar-refractivity contribution in [2.45, 2.75) is 25.0 Å². The molecule has 0 aliphatic heterocycles. The lowest BCUT2D eigenvalue weighted by Gasteiger charge is -2.13. The van der Waals surface area contributed by atoms with E-state index in [-0.39, 0.29) is 17.2 Å². The van der Waals surface area contributed by atoms with Gasteiger partial charge in [0.05, 0.1) is 23.2 Å². The van der Waals surface area contributed by atoms with E-state index in [4.69, 9.17) is 4.74 Å². The molecule has 1 heterocycles. The van der Waals surface area contributed by atoms with E-state index in [0.717, 1.165) is 17.5 Å². The average Bonchev–Trinajstić information content (AvgIpc) is 2.73. The second-order valence-corrected chi connectivity index (χ2v) is 7.72. The largest absolute Gasteiger partial charge is 0.385 e. The molecule has 0 spiro atoms. The van der Waals surface area contributed by atoms with Gasteiger partial charge in [0.15, 0.2) is 5.16 Å². The van der Waals surface area contributed by atoms with Crippen LogP contribution in [0.1, 0.15) is 17.5 Å². The number of ether oxygens (including phenoxy) is 1. The summed E-state index contributed by atoms with van der Waals surface area (Å²) in [4.78, 5) is 29.9. The van der Waals surface area contributed by atoms with Crippen molar-refractivity contribution in [1.82, 2.24) is 14.9 Å². The van der Waals surface area contributed by atoms with E-state index in [1.54, 1.807) is 17.7 Å². The molecule has 0 aliphatic rings. The predicted octanol–water partition coefficient (Wildman–Crippen LogP) is 3.00. The molecule has 3 aromatic rings. The van der Waals surface area contributed by atoms with Crippen LogP contribution in [0.25, 0.3) is 10.9 Å². The molecule has 0 fully saturated rings. The molecule has 1 amide bonds. The van der Waals surface area contributed by atoms with Gasteiger partial charge in [0, 0.05) is 20.3 Å². The Kier molecular flexibility index (Phi) is 7.43. The summed E-state index contributed by atoms with van der Waals surface area (Å²) < 4.78 is 6.63. The predicted molar refractivity (Wildman–Crippen MR) is 117 cm³/mol. The summed E-state index contributed by atoms with van der Waals surface area (Å²) >= 11 is 1.28. The molecular weight excluding hydrogens is 386 g/mol. The molecule has 6 nitrogen and oxygen atoms in total. The zero-order valence-corrected chi connectivity index (χ0v) is 17.5. The number of amides is 1. The molecule has 0 unspecified atom stereocenters. The molecule has 0 radical (unpaired) electrons. The first-order chi connectivity index (χ1) is 14.1. The maximum Gasteiger partial charge on any atom is 0.262 e.